The number of hydrogen-bond donors (Lipinski definition) is 3. The van der Waals surface area contributed by atoms with Gasteiger partial charge in [0, 0.05) is 12.5 Å². The normalized spacial score (nSPS) is 14.3. The number of aromatic hydroxyl groups is 1. The number of phenolic OH excluding ortho intramolecular Hbond substituents is 1. The first-order valence-electron chi connectivity index (χ1n) is 15.6. The van der Waals surface area contributed by atoms with Crippen molar-refractivity contribution in [3.8, 4) is 5.75 Å². The lowest BCUT2D eigenvalue weighted by atomic mass is 9.98. The van der Waals surface area contributed by atoms with E-state index in [1.807, 2.05) is 50.4 Å². The van der Waals surface area contributed by atoms with Crippen molar-refractivity contribution in [3.05, 3.63) is 65.7 Å². The van der Waals surface area contributed by atoms with Gasteiger partial charge in [-0.05, 0) is 96.6 Å². The fraction of sp³-hybridized carbons (Fsp3) is 0.543. The highest BCUT2D eigenvalue weighted by molar-refractivity contribution is 7.98. The fourth-order valence-corrected chi connectivity index (χ4v) is 5.19. The molecular formula is C35H51N3O7S. The maximum Gasteiger partial charge on any atom is 0.408 e. The Morgan fingerprint density at radius 3 is 2.07 bits per heavy atom. The molecule has 0 aromatic heterocycles. The third-order valence-electron chi connectivity index (χ3n) is 6.92. The highest BCUT2D eigenvalue weighted by Crippen LogP contribution is 2.29. The molecule has 3 amide bonds. The van der Waals surface area contributed by atoms with Crippen LogP contribution in [-0.2, 0) is 30.3 Å². The number of carbonyl (C=O) groups excluding carboxylic acids is 4. The van der Waals surface area contributed by atoms with Crippen LogP contribution in [0, 0.1) is 0 Å². The highest BCUT2D eigenvalue weighted by Gasteiger charge is 2.40. The van der Waals surface area contributed by atoms with Crippen LogP contribution >= 0.6 is 11.8 Å². The van der Waals surface area contributed by atoms with E-state index in [0.29, 0.717) is 17.7 Å². The summed E-state index contributed by atoms with van der Waals surface area (Å²) in [4.78, 5) is 56.6. The second-order valence-corrected chi connectivity index (χ2v) is 14.3. The van der Waals surface area contributed by atoms with Crippen molar-refractivity contribution < 1.29 is 33.8 Å². The number of esters is 1. The van der Waals surface area contributed by atoms with E-state index in [9.17, 15) is 24.3 Å². The average Bonchev–Trinajstić information content (AvgIpc) is 2.95. The summed E-state index contributed by atoms with van der Waals surface area (Å²) in [6, 6.07) is 11.6. The van der Waals surface area contributed by atoms with Crippen molar-refractivity contribution >= 4 is 35.6 Å². The largest absolute Gasteiger partial charge is 0.508 e. The van der Waals surface area contributed by atoms with Gasteiger partial charge < -0.3 is 30.1 Å². The number of thioether (sulfide) groups is 1. The van der Waals surface area contributed by atoms with Gasteiger partial charge in [0.2, 0.25) is 11.8 Å². The number of phenols is 1. The number of alkyl carbamates (subject to hydrolysis) is 1. The van der Waals surface area contributed by atoms with E-state index in [-0.39, 0.29) is 18.6 Å². The van der Waals surface area contributed by atoms with Crippen LogP contribution in [0.5, 0.6) is 5.75 Å². The smallest absolute Gasteiger partial charge is 0.408 e. The molecule has 0 aliphatic rings. The third-order valence-corrected chi connectivity index (χ3v) is 7.57. The monoisotopic (exact) mass is 657 g/mol. The van der Waals surface area contributed by atoms with Crippen molar-refractivity contribution in [1.29, 1.82) is 0 Å². The molecule has 0 radical (unpaired) electrons. The number of amides is 3. The van der Waals surface area contributed by atoms with E-state index in [4.69, 9.17) is 9.47 Å². The molecule has 0 spiro atoms. The molecule has 0 fully saturated rings. The molecule has 2 aromatic carbocycles. The van der Waals surface area contributed by atoms with Crippen LogP contribution in [0.3, 0.4) is 0 Å². The van der Waals surface area contributed by atoms with Gasteiger partial charge >= 0.3 is 12.1 Å². The quantitative estimate of drug-likeness (QED) is 0.218. The van der Waals surface area contributed by atoms with Crippen molar-refractivity contribution in [3.63, 3.8) is 0 Å². The summed E-state index contributed by atoms with van der Waals surface area (Å²) in [5.41, 5.74) is -0.443. The number of nitrogens with one attached hydrogen (secondary N) is 2. The van der Waals surface area contributed by atoms with Gasteiger partial charge in [-0.3, -0.25) is 9.59 Å². The predicted molar refractivity (Wildman–Crippen MR) is 182 cm³/mol. The number of carbonyl (C=O) groups is 4. The van der Waals surface area contributed by atoms with Crippen LogP contribution in [0.25, 0.3) is 0 Å². The fourth-order valence-electron chi connectivity index (χ4n) is 4.72. The summed E-state index contributed by atoms with van der Waals surface area (Å²) >= 11 is 1.52. The van der Waals surface area contributed by atoms with Gasteiger partial charge in [-0.25, -0.2) is 9.59 Å². The van der Waals surface area contributed by atoms with Crippen LogP contribution in [0.15, 0.2) is 54.6 Å². The number of ether oxygens (including phenoxy) is 2. The summed E-state index contributed by atoms with van der Waals surface area (Å²) in [6.07, 6.45) is 2.07. The maximum absolute atomic E-state index is 14.5. The molecule has 4 atom stereocenters. The highest BCUT2D eigenvalue weighted by atomic mass is 32.2. The molecule has 2 aromatic rings. The van der Waals surface area contributed by atoms with Crippen LogP contribution in [0.2, 0.25) is 0 Å². The van der Waals surface area contributed by atoms with Crippen LogP contribution in [-0.4, -0.2) is 75.2 Å². The molecule has 3 N–H and O–H groups in total. The molecule has 11 heteroatoms. The maximum atomic E-state index is 14.5. The minimum Gasteiger partial charge on any atom is -0.508 e. The number of nitrogens with zero attached hydrogens (tertiary/aromatic N) is 1. The van der Waals surface area contributed by atoms with Crippen molar-refractivity contribution in [2.24, 2.45) is 0 Å². The molecule has 0 aliphatic carbocycles. The van der Waals surface area contributed by atoms with Crippen LogP contribution < -0.4 is 10.6 Å². The van der Waals surface area contributed by atoms with Gasteiger partial charge in [-0.15, -0.1) is 0 Å². The van der Waals surface area contributed by atoms with E-state index in [1.165, 1.54) is 28.8 Å². The van der Waals surface area contributed by atoms with Crippen LogP contribution in [0.1, 0.15) is 85.4 Å². The Morgan fingerprint density at radius 1 is 0.891 bits per heavy atom. The molecule has 0 saturated heterocycles. The number of benzene rings is 2. The van der Waals surface area contributed by atoms with E-state index >= 15 is 0 Å². The van der Waals surface area contributed by atoms with Crippen LogP contribution in [0.4, 0.5) is 4.79 Å². The van der Waals surface area contributed by atoms with Crippen molar-refractivity contribution in [1.82, 2.24) is 15.5 Å². The number of hydrogen-bond acceptors (Lipinski definition) is 8. The first kappa shape index (κ1) is 38.5. The SMILES string of the molecule is CCC(C)N(C(=O)C(CCSC)NC(=O)OC(C)(C)C)C(C(=O)NC(Cc1ccccc1)C(=O)OC(C)(C)C)c1cccc(O)c1. The Morgan fingerprint density at radius 2 is 1.52 bits per heavy atom. The second-order valence-electron chi connectivity index (χ2n) is 13.3. The summed E-state index contributed by atoms with van der Waals surface area (Å²) in [5.74, 6) is -1.28. The van der Waals surface area contributed by atoms with Gasteiger partial charge in [0.05, 0.1) is 0 Å². The van der Waals surface area contributed by atoms with Gasteiger partial charge in [0.1, 0.15) is 35.1 Å². The van der Waals surface area contributed by atoms with E-state index in [1.54, 1.807) is 53.7 Å². The standard InChI is InChI=1S/C35H51N3O7S/c1-10-23(2)38(31(41)27(19-20-46-9)37-33(43)45-35(6,7)8)29(25-17-14-18-26(39)22-25)30(40)36-28(32(42)44-34(3,4)5)21-24-15-12-11-13-16-24/h11-18,22-23,27-29,39H,10,19-21H2,1-9H3,(H,36,40)(H,37,43). The van der Waals surface area contributed by atoms with Gasteiger partial charge in [-0.1, -0.05) is 49.4 Å². The first-order valence-corrected chi connectivity index (χ1v) is 17.0. The molecule has 4 unspecified atom stereocenters. The Kier molecular flexibility index (Phi) is 14.4. The minimum atomic E-state index is -1.26. The molecule has 2 rings (SSSR count). The minimum absolute atomic E-state index is 0.0920. The Labute approximate surface area is 278 Å². The zero-order valence-corrected chi connectivity index (χ0v) is 29.4. The van der Waals surface area contributed by atoms with Gasteiger partial charge in [0.25, 0.3) is 0 Å². The lowest BCUT2D eigenvalue weighted by molar-refractivity contribution is -0.159. The van der Waals surface area contributed by atoms with E-state index in [0.717, 1.165) is 5.56 Å². The molecule has 0 heterocycles. The molecular weight excluding hydrogens is 606 g/mol. The molecule has 0 saturated carbocycles. The molecule has 0 bridgehead atoms. The molecule has 46 heavy (non-hydrogen) atoms. The van der Waals surface area contributed by atoms with Gasteiger partial charge in [-0.2, -0.15) is 11.8 Å². The predicted octanol–water partition coefficient (Wildman–Crippen LogP) is 5.78. The molecule has 254 valence electrons. The Hall–Kier alpha value is -3.73. The zero-order chi connectivity index (χ0) is 34.7. The third kappa shape index (κ3) is 12.6. The zero-order valence-electron chi connectivity index (χ0n) is 28.6. The molecule has 10 nitrogen and oxygen atoms in total. The Balaban J connectivity index is 2.62. The summed E-state index contributed by atoms with van der Waals surface area (Å²) in [7, 11) is 0. The summed E-state index contributed by atoms with van der Waals surface area (Å²) in [6.45, 7) is 14.1. The van der Waals surface area contributed by atoms with Gasteiger partial charge in [0.15, 0.2) is 0 Å². The topological polar surface area (TPSA) is 134 Å². The Bertz CT molecular complexity index is 1310. The number of rotatable bonds is 14. The lowest BCUT2D eigenvalue weighted by Crippen LogP contribution is -2.57. The van der Waals surface area contributed by atoms with E-state index < -0.39 is 59.2 Å². The average molecular weight is 658 g/mol. The first-order chi connectivity index (χ1) is 21.5. The summed E-state index contributed by atoms with van der Waals surface area (Å²) < 4.78 is 11.1. The van der Waals surface area contributed by atoms with E-state index in [2.05, 4.69) is 10.6 Å². The van der Waals surface area contributed by atoms with Crippen molar-refractivity contribution in [2.45, 2.75) is 110 Å². The van der Waals surface area contributed by atoms with Crippen molar-refractivity contribution in [2.75, 3.05) is 12.0 Å². The second kappa shape index (κ2) is 17.3. The lowest BCUT2D eigenvalue weighted by Gasteiger charge is -2.38. The molecule has 0 aliphatic heterocycles. The summed E-state index contributed by atoms with van der Waals surface area (Å²) in [5, 5.41) is 16.0.